The molecule has 0 saturated carbocycles. The Labute approximate surface area is 194 Å². The minimum atomic E-state index is -3.51. The zero-order valence-corrected chi connectivity index (χ0v) is 20.4. The van der Waals surface area contributed by atoms with Crippen LogP contribution in [0.3, 0.4) is 0 Å². The van der Waals surface area contributed by atoms with Crippen molar-refractivity contribution in [1.29, 1.82) is 0 Å². The molecule has 1 aromatic heterocycles. The third-order valence-electron chi connectivity index (χ3n) is 4.52. The molecule has 0 radical (unpaired) electrons. The number of carbonyl (C=O) groups excluding carboxylic acids is 1. The van der Waals surface area contributed by atoms with Crippen LogP contribution in [0, 0.1) is 5.92 Å². The third-order valence-corrected chi connectivity index (χ3v) is 9.04. The molecular weight excluding hydrogens is 487 g/mol. The smallest absolute Gasteiger partial charge is 0.229 e. The fourth-order valence-corrected chi connectivity index (χ4v) is 6.89. The topological polar surface area (TPSA) is 92.3 Å². The number of halogens is 2. The number of carbonyl (C=O) groups is 1. The lowest BCUT2D eigenvalue weighted by Gasteiger charge is -2.30. The third kappa shape index (κ3) is 6.30. The van der Waals surface area contributed by atoms with Gasteiger partial charge in [0.2, 0.25) is 21.1 Å². The average Bonchev–Trinajstić information content (AvgIpc) is 3.10. The van der Waals surface area contributed by atoms with Crippen LogP contribution in [-0.2, 0) is 20.6 Å². The summed E-state index contributed by atoms with van der Waals surface area (Å²) < 4.78 is 27.7. The van der Waals surface area contributed by atoms with Gasteiger partial charge in [0.25, 0.3) is 0 Å². The summed E-state index contributed by atoms with van der Waals surface area (Å²) in [5.74, 6) is -0.553. The van der Waals surface area contributed by atoms with Crippen molar-refractivity contribution in [1.82, 2.24) is 14.5 Å². The molecule has 1 aliphatic rings. The van der Waals surface area contributed by atoms with Crippen LogP contribution in [0.25, 0.3) is 0 Å². The molecule has 1 aromatic carbocycles. The van der Waals surface area contributed by atoms with Gasteiger partial charge >= 0.3 is 0 Å². The number of anilines is 1. The Bertz CT molecular complexity index is 1010. The Morgan fingerprint density at radius 3 is 2.60 bits per heavy atom. The standard InChI is InChI=1S/C18H22Cl2N4O3S3/c1-11(2)28-18-23-22-17(29-18)21-16(25)13-5-7-24(8-6-13)30(26,27)10-12-3-4-14(19)15(20)9-12/h3-4,9,11,13H,5-8,10H2,1-2H3,(H,21,22,25). The Morgan fingerprint density at radius 1 is 1.27 bits per heavy atom. The first-order chi connectivity index (χ1) is 14.1. The molecule has 0 aliphatic carbocycles. The van der Waals surface area contributed by atoms with Crippen LogP contribution in [0.2, 0.25) is 10.0 Å². The summed E-state index contributed by atoms with van der Waals surface area (Å²) in [6, 6.07) is 4.80. The van der Waals surface area contributed by atoms with Crippen LogP contribution in [0.15, 0.2) is 22.5 Å². The number of sulfonamides is 1. The molecule has 2 heterocycles. The van der Waals surface area contributed by atoms with Gasteiger partial charge in [-0.25, -0.2) is 12.7 Å². The summed E-state index contributed by atoms with van der Waals surface area (Å²) in [5, 5.41) is 12.4. The fourth-order valence-electron chi connectivity index (χ4n) is 3.04. The SMILES string of the molecule is CC(C)Sc1nnc(NC(=O)C2CCN(S(=O)(=O)Cc3ccc(Cl)c(Cl)c3)CC2)s1. The van der Waals surface area contributed by atoms with Gasteiger partial charge in [0, 0.05) is 24.3 Å². The van der Waals surface area contributed by atoms with Gasteiger partial charge in [-0.2, -0.15) is 0 Å². The van der Waals surface area contributed by atoms with E-state index in [1.807, 2.05) is 0 Å². The van der Waals surface area contributed by atoms with Gasteiger partial charge in [-0.15, -0.1) is 10.2 Å². The highest BCUT2D eigenvalue weighted by molar-refractivity contribution is 8.01. The Balaban J connectivity index is 1.53. The van der Waals surface area contributed by atoms with E-state index in [-0.39, 0.29) is 17.6 Å². The molecule has 0 bridgehead atoms. The van der Waals surface area contributed by atoms with E-state index in [9.17, 15) is 13.2 Å². The highest BCUT2D eigenvalue weighted by Crippen LogP contribution is 2.30. The molecule has 164 valence electrons. The van der Waals surface area contributed by atoms with E-state index >= 15 is 0 Å². The number of hydrogen-bond acceptors (Lipinski definition) is 7. The normalized spacial score (nSPS) is 16.2. The van der Waals surface area contributed by atoms with Crippen LogP contribution < -0.4 is 5.32 Å². The maximum absolute atomic E-state index is 12.7. The predicted molar refractivity (Wildman–Crippen MR) is 123 cm³/mol. The van der Waals surface area contributed by atoms with Crippen molar-refractivity contribution in [2.45, 2.75) is 42.0 Å². The lowest BCUT2D eigenvalue weighted by atomic mass is 9.97. The summed E-state index contributed by atoms with van der Waals surface area (Å²) in [6.45, 7) is 4.72. The van der Waals surface area contributed by atoms with Crippen molar-refractivity contribution in [2.24, 2.45) is 5.92 Å². The molecule has 12 heteroatoms. The number of thioether (sulfide) groups is 1. The van der Waals surface area contributed by atoms with Crippen LogP contribution >= 0.6 is 46.3 Å². The van der Waals surface area contributed by atoms with Gasteiger partial charge in [-0.05, 0) is 30.5 Å². The van der Waals surface area contributed by atoms with Gasteiger partial charge in [0.1, 0.15) is 0 Å². The first-order valence-electron chi connectivity index (χ1n) is 9.37. The Kier molecular flexibility index (Phi) is 8.03. The second-order valence-electron chi connectivity index (χ2n) is 7.21. The molecule has 1 saturated heterocycles. The Hall–Kier alpha value is -0.910. The van der Waals surface area contributed by atoms with E-state index in [1.165, 1.54) is 15.6 Å². The van der Waals surface area contributed by atoms with E-state index in [2.05, 4.69) is 29.4 Å². The predicted octanol–water partition coefficient (Wildman–Crippen LogP) is 4.53. The van der Waals surface area contributed by atoms with E-state index in [4.69, 9.17) is 23.2 Å². The minimum absolute atomic E-state index is 0.145. The van der Waals surface area contributed by atoms with Crippen molar-refractivity contribution in [3.8, 4) is 0 Å². The number of nitrogens with zero attached hydrogens (tertiary/aromatic N) is 3. The van der Waals surface area contributed by atoms with E-state index < -0.39 is 10.0 Å². The molecule has 1 amide bonds. The monoisotopic (exact) mass is 508 g/mol. The molecule has 0 spiro atoms. The minimum Gasteiger partial charge on any atom is -0.300 e. The van der Waals surface area contributed by atoms with Gasteiger partial charge < -0.3 is 5.32 Å². The lowest BCUT2D eigenvalue weighted by Crippen LogP contribution is -2.41. The number of piperidine rings is 1. The number of nitrogens with one attached hydrogen (secondary N) is 1. The van der Waals surface area contributed by atoms with Gasteiger partial charge in [-0.1, -0.05) is 66.2 Å². The highest BCUT2D eigenvalue weighted by atomic mass is 35.5. The molecular formula is C18H22Cl2N4O3S3. The van der Waals surface area contributed by atoms with Crippen molar-refractivity contribution in [3.05, 3.63) is 33.8 Å². The number of amides is 1. The molecule has 7 nitrogen and oxygen atoms in total. The second-order valence-corrected chi connectivity index (χ2v) is 12.8. The highest BCUT2D eigenvalue weighted by Gasteiger charge is 2.31. The van der Waals surface area contributed by atoms with E-state index in [0.717, 1.165) is 4.34 Å². The van der Waals surface area contributed by atoms with Crippen molar-refractivity contribution < 1.29 is 13.2 Å². The van der Waals surface area contributed by atoms with Gasteiger partial charge in [0.15, 0.2) is 4.34 Å². The molecule has 1 fully saturated rings. The Morgan fingerprint density at radius 2 is 1.97 bits per heavy atom. The summed E-state index contributed by atoms with van der Waals surface area (Å²) >= 11 is 14.8. The number of rotatable bonds is 7. The zero-order chi connectivity index (χ0) is 21.9. The number of hydrogen-bond donors (Lipinski definition) is 1. The van der Waals surface area contributed by atoms with Crippen molar-refractivity contribution in [3.63, 3.8) is 0 Å². The molecule has 0 unspecified atom stereocenters. The zero-order valence-electron chi connectivity index (χ0n) is 16.5. The molecule has 1 aliphatic heterocycles. The summed E-state index contributed by atoms with van der Waals surface area (Å²) in [5.41, 5.74) is 0.579. The van der Waals surface area contributed by atoms with Crippen LogP contribution in [0.5, 0.6) is 0 Å². The second kappa shape index (κ2) is 10.1. The largest absolute Gasteiger partial charge is 0.300 e. The van der Waals surface area contributed by atoms with E-state index in [1.54, 1.807) is 30.0 Å². The van der Waals surface area contributed by atoms with Gasteiger partial charge in [0.05, 0.1) is 15.8 Å². The van der Waals surface area contributed by atoms with Crippen LogP contribution in [0.1, 0.15) is 32.3 Å². The molecule has 3 rings (SSSR count). The summed E-state index contributed by atoms with van der Waals surface area (Å²) in [7, 11) is -3.51. The average molecular weight is 510 g/mol. The summed E-state index contributed by atoms with van der Waals surface area (Å²) in [4.78, 5) is 12.5. The number of aromatic nitrogens is 2. The molecule has 0 atom stereocenters. The summed E-state index contributed by atoms with van der Waals surface area (Å²) in [6.07, 6.45) is 0.914. The van der Waals surface area contributed by atoms with E-state index in [0.29, 0.717) is 51.9 Å². The maximum atomic E-state index is 12.7. The van der Waals surface area contributed by atoms with Crippen molar-refractivity contribution >= 4 is 67.4 Å². The molecule has 2 aromatic rings. The fraction of sp³-hybridized carbons (Fsp3) is 0.500. The van der Waals surface area contributed by atoms with Crippen LogP contribution in [-0.4, -0.2) is 47.2 Å². The maximum Gasteiger partial charge on any atom is 0.229 e. The first kappa shape index (κ1) is 23.7. The molecule has 1 N–H and O–H groups in total. The number of benzene rings is 1. The van der Waals surface area contributed by atoms with Crippen molar-refractivity contribution in [2.75, 3.05) is 18.4 Å². The molecule has 30 heavy (non-hydrogen) atoms. The van der Waals surface area contributed by atoms with Crippen LogP contribution in [0.4, 0.5) is 5.13 Å². The quantitative estimate of drug-likeness (QED) is 0.436. The van der Waals surface area contributed by atoms with Gasteiger partial charge in [-0.3, -0.25) is 4.79 Å². The first-order valence-corrected chi connectivity index (χ1v) is 13.4. The lowest BCUT2D eigenvalue weighted by molar-refractivity contribution is -0.120.